The monoisotopic (exact) mass is 765 g/mol. The van der Waals surface area contributed by atoms with Crippen molar-refractivity contribution in [3.8, 4) is 0 Å². The summed E-state index contributed by atoms with van der Waals surface area (Å²) in [4.78, 5) is 62.4. The molecule has 0 aliphatic rings. The molecule has 0 saturated heterocycles. The van der Waals surface area contributed by atoms with E-state index in [2.05, 4.69) is 58.4 Å². The molecule has 6 N–H and O–H groups in total. The Hall–Kier alpha value is -3.29. The molecule has 252 valence electrons. The van der Waals surface area contributed by atoms with E-state index in [-0.39, 0.29) is 37.2 Å². The van der Waals surface area contributed by atoms with Gasteiger partial charge in [-0.2, -0.15) is 0 Å². The zero-order valence-electron chi connectivity index (χ0n) is 26.4. The van der Waals surface area contributed by atoms with Crippen molar-refractivity contribution in [1.29, 1.82) is 0 Å². The molecule has 0 bridgehead atoms. The predicted octanol–water partition coefficient (Wildman–Crippen LogP) is 4.05. The van der Waals surface area contributed by atoms with Crippen molar-refractivity contribution >= 4 is 67.6 Å². The van der Waals surface area contributed by atoms with Crippen LogP contribution in [0.15, 0.2) is 42.5 Å². The summed E-state index contributed by atoms with van der Waals surface area (Å²) in [6, 6.07) is 10.7. The Bertz CT molecular complexity index is 1270. The Kier molecular flexibility index (Phi) is 18.2. The molecule has 2 aromatic rings. The van der Waals surface area contributed by atoms with E-state index in [1.165, 1.54) is 0 Å². The van der Waals surface area contributed by atoms with E-state index in [9.17, 15) is 29.1 Å². The van der Waals surface area contributed by atoms with Gasteiger partial charge in [0.25, 0.3) is 5.91 Å². The van der Waals surface area contributed by atoms with Crippen molar-refractivity contribution in [2.75, 3.05) is 18.4 Å². The molecule has 13 heteroatoms. The van der Waals surface area contributed by atoms with Crippen molar-refractivity contribution in [3.05, 3.63) is 64.7 Å². The third kappa shape index (κ3) is 14.0. The van der Waals surface area contributed by atoms with Gasteiger partial charge in [-0.05, 0) is 72.6 Å². The number of aliphatic hydroxyl groups excluding tert-OH is 1. The zero-order chi connectivity index (χ0) is 33.9. The lowest BCUT2D eigenvalue weighted by Gasteiger charge is -2.25. The topological polar surface area (TPSA) is 166 Å². The van der Waals surface area contributed by atoms with Crippen molar-refractivity contribution in [3.63, 3.8) is 0 Å². The number of halogens is 2. The summed E-state index contributed by atoms with van der Waals surface area (Å²) < 4.78 is 0. The van der Waals surface area contributed by atoms with Crippen LogP contribution in [0.2, 0.25) is 0 Å². The largest absolute Gasteiger partial charge is 0.392 e. The minimum atomic E-state index is -0.903. The number of hydrogen-bond donors (Lipinski definition) is 6. The van der Waals surface area contributed by atoms with E-state index in [0.717, 1.165) is 17.5 Å². The third-order valence-corrected chi connectivity index (χ3v) is 8.48. The van der Waals surface area contributed by atoms with Gasteiger partial charge >= 0.3 is 0 Å². The van der Waals surface area contributed by atoms with Gasteiger partial charge in [-0.15, -0.1) is 0 Å². The Morgan fingerprint density at radius 1 is 0.826 bits per heavy atom. The average Bonchev–Trinajstić information content (AvgIpc) is 3.06. The molecule has 2 atom stereocenters. The first-order chi connectivity index (χ1) is 22.1. The maximum Gasteiger partial charge on any atom is 0.251 e. The van der Waals surface area contributed by atoms with Crippen molar-refractivity contribution in [1.82, 2.24) is 21.3 Å². The molecule has 0 spiro atoms. The molecule has 0 aromatic heterocycles. The highest BCUT2D eigenvalue weighted by molar-refractivity contribution is 9.08. The van der Waals surface area contributed by atoms with Gasteiger partial charge in [0.2, 0.25) is 24.1 Å². The van der Waals surface area contributed by atoms with Crippen LogP contribution in [0.4, 0.5) is 5.69 Å². The number of hydrogen-bond acceptors (Lipinski definition) is 6. The summed E-state index contributed by atoms with van der Waals surface area (Å²) >= 11 is 6.87. The number of unbranched alkanes of at least 4 members (excludes halogenated alkanes) is 2. The van der Waals surface area contributed by atoms with Crippen LogP contribution in [0, 0.1) is 5.92 Å². The molecule has 0 saturated carbocycles. The average molecular weight is 768 g/mol. The first kappa shape index (κ1) is 38.9. The smallest absolute Gasteiger partial charge is 0.251 e. The Morgan fingerprint density at radius 2 is 1.50 bits per heavy atom. The normalized spacial score (nSPS) is 12.1. The van der Waals surface area contributed by atoms with E-state index in [4.69, 9.17) is 0 Å². The molecule has 2 rings (SSSR count). The number of carbonyl (C=O) groups excluding carboxylic acids is 5. The van der Waals surface area contributed by atoms with Gasteiger partial charge in [0.15, 0.2) is 0 Å². The van der Waals surface area contributed by atoms with E-state index >= 15 is 0 Å². The number of aliphatic hydroxyl groups is 1. The minimum Gasteiger partial charge on any atom is -0.392 e. The number of anilines is 1. The molecular weight excluding hydrogens is 722 g/mol. The van der Waals surface area contributed by atoms with E-state index in [0.29, 0.717) is 66.2 Å². The number of carbonyl (C=O) groups is 5. The van der Waals surface area contributed by atoms with Crippen LogP contribution in [0.5, 0.6) is 0 Å². The number of nitrogens with one attached hydrogen (secondary N) is 5. The number of benzene rings is 2. The van der Waals surface area contributed by atoms with Gasteiger partial charge < -0.3 is 31.7 Å². The highest BCUT2D eigenvalue weighted by atomic mass is 79.9. The maximum atomic E-state index is 13.3. The summed E-state index contributed by atoms with van der Waals surface area (Å²) in [5, 5.41) is 24.4. The number of amides is 5. The summed E-state index contributed by atoms with van der Waals surface area (Å²) in [6.07, 6.45) is 3.51. The van der Waals surface area contributed by atoms with E-state index < -0.39 is 23.9 Å². The highest BCUT2D eigenvalue weighted by Crippen LogP contribution is 2.16. The fourth-order valence-electron chi connectivity index (χ4n) is 4.64. The molecule has 0 aliphatic carbocycles. The van der Waals surface area contributed by atoms with Gasteiger partial charge in [0.05, 0.1) is 6.61 Å². The van der Waals surface area contributed by atoms with E-state index in [1.54, 1.807) is 24.3 Å². The van der Waals surface area contributed by atoms with Crippen molar-refractivity contribution in [2.24, 2.45) is 5.92 Å². The second-order valence-corrected chi connectivity index (χ2v) is 12.4. The molecule has 2 aromatic carbocycles. The van der Waals surface area contributed by atoms with Crippen LogP contribution in [0.3, 0.4) is 0 Å². The standard InChI is InChI=1S/C33H45Br2N5O6/c1-22(2)30(33(46)39-28(7-6-13-36-21-42)32(45)38-27-11-9-23(20-41)10-12-27)40-29(43)8-4-3-5-14-37-31(44)26-16-24(18-34)15-25(17-26)19-35/h9-12,15-17,21-22,28,30,41H,3-8,13-14,18-20H2,1-2H3,(H,36,42)(H,37,44)(H,38,45)(H,39,46)(H,40,43)/t28-,30?/m0/s1. The molecule has 0 aliphatic heterocycles. The van der Waals surface area contributed by atoms with Crippen LogP contribution < -0.4 is 26.6 Å². The SMILES string of the molecule is CC(C)C(NC(=O)CCCCCNC(=O)c1cc(CBr)cc(CBr)c1)C(=O)N[C@@H](CCCNC=O)C(=O)Nc1ccc(CO)cc1. The fraction of sp³-hybridized carbons (Fsp3) is 0.485. The molecule has 0 radical (unpaired) electrons. The van der Waals surface area contributed by atoms with Crippen LogP contribution in [0.25, 0.3) is 0 Å². The lowest BCUT2D eigenvalue weighted by molar-refractivity contribution is -0.132. The second-order valence-electron chi connectivity index (χ2n) is 11.3. The van der Waals surface area contributed by atoms with Crippen LogP contribution in [-0.2, 0) is 36.4 Å². The zero-order valence-corrected chi connectivity index (χ0v) is 29.5. The lowest BCUT2D eigenvalue weighted by atomic mass is 10.0. The first-order valence-corrected chi connectivity index (χ1v) is 17.7. The maximum absolute atomic E-state index is 13.3. The van der Waals surface area contributed by atoms with Gasteiger partial charge in [-0.1, -0.05) is 70.3 Å². The number of alkyl halides is 2. The third-order valence-electron chi connectivity index (χ3n) is 7.19. The molecule has 5 amide bonds. The quantitative estimate of drug-likeness (QED) is 0.0638. The first-order valence-electron chi connectivity index (χ1n) is 15.4. The molecule has 46 heavy (non-hydrogen) atoms. The fourth-order valence-corrected chi connectivity index (χ4v) is 5.29. The van der Waals surface area contributed by atoms with Crippen molar-refractivity contribution in [2.45, 2.75) is 81.7 Å². The molecule has 11 nitrogen and oxygen atoms in total. The second kappa shape index (κ2) is 21.5. The summed E-state index contributed by atoms with van der Waals surface area (Å²) in [7, 11) is 0. The minimum absolute atomic E-state index is 0.122. The Balaban J connectivity index is 1.86. The molecular formula is C33H45Br2N5O6. The van der Waals surface area contributed by atoms with Gasteiger partial charge in [-0.3, -0.25) is 24.0 Å². The van der Waals surface area contributed by atoms with Gasteiger partial charge in [0.1, 0.15) is 12.1 Å². The molecule has 1 unspecified atom stereocenters. The van der Waals surface area contributed by atoms with Crippen LogP contribution in [-0.4, -0.2) is 60.3 Å². The summed E-state index contributed by atoms with van der Waals surface area (Å²) in [6.45, 7) is 4.33. The summed E-state index contributed by atoms with van der Waals surface area (Å²) in [5.74, 6) is -1.56. The van der Waals surface area contributed by atoms with E-state index in [1.807, 2.05) is 32.0 Å². The van der Waals surface area contributed by atoms with Crippen molar-refractivity contribution < 1.29 is 29.1 Å². The van der Waals surface area contributed by atoms with Crippen LogP contribution >= 0.6 is 31.9 Å². The Labute approximate surface area is 287 Å². The van der Waals surface area contributed by atoms with Gasteiger partial charge in [0, 0.05) is 41.4 Å². The highest BCUT2D eigenvalue weighted by Gasteiger charge is 2.28. The van der Waals surface area contributed by atoms with Gasteiger partial charge in [-0.25, -0.2) is 0 Å². The number of rotatable bonds is 21. The molecule has 0 heterocycles. The predicted molar refractivity (Wildman–Crippen MR) is 185 cm³/mol. The van der Waals surface area contributed by atoms with Crippen LogP contribution in [0.1, 0.15) is 79.4 Å². The molecule has 0 fully saturated rings. The summed E-state index contributed by atoms with van der Waals surface area (Å²) in [5.41, 5.74) is 3.86. The Morgan fingerprint density at radius 3 is 2.09 bits per heavy atom. The lowest BCUT2D eigenvalue weighted by Crippen LogP contribution is -2.54.